The van der Waals surface area contributed by atoms with Gasteiger partial charge in [0.25, 0.3) is 0 Å². The van der Waals surface area contributed by atoms with Crippen molar-refractivity contribution in [3.8, 4) is 0 Å². The minimum Gasteiger partial charge on any atom is -0.330 e. The maximum Gasteiger partial charge on any atom is 0.0465 e. The fourth-order valence-electron chi connectivity index (χ4n) is 6.03. The Kier molecular flexibility index (Phi) is 2.54. The molecule has 2 nitrogen and oxygen atoms in total. The van der Waals surface area contributed by atoms with Crippen molar-refractivity contribution >= 4 is 0 Å². The van der Waals surface area contributed by atoms with Crippen LogP contribution < -0.4 is 5.73 Å². The highest BCUT2D eigenvalue weighted by Gasteiger charge is 2.58. The van der Waals surface area contributed by atoms with Crippen LogP contribution in [-0.2, 0) is 5.41 Å². The van der Waals surface area contributed by atoms with Crippen molar-refractivity contribution < 1.29 is 0 Å². The number of nitrogens with zero attached hydrogens (tertiary/aromatic N) is 1. The van der Waals surface area contributed by atoms with E-state index < -0.39 is 0 Å². The quantitative estimate of drug-likeness (QED) is 0.901. The average Bonchev–Trinajstić information content (AvgIpc) is 2.38. The molecule has 102 valence electrons. The van der Waals surface area contributed by atoms with Gasteiger partial charge in [0.05, 0.1) is 0 Å². The van der Waals surface area contributed by atoms with Crippen molar-refractivity contribution in [2.45, 2.75) is 50.4 Å². The summed E-state index contributed by atoms with van der Waals surface area (Å²) in [7, 11) is 0. The molecule has 4 saturated carbocycles. The monoisotopic (exact) mass is 256 g/mol. The van der Waals surface area contributed by atoms with E-state index in [0.29, 0.717) is 10.8 Å². The molecule has 1 heterocycles. The molecule has 4 aliphatic rings. The summed E-state index contributed by atoms with van der Waals surface area (Å²) in [6, 6.07) is 6.47. The molecule has 5 rings (SSSR count). The Morgan fingerprint density at radius 1 is 1.16 bits per heavy atom. The Labute approximate surface area is 115 Å². The van der Waals surface area contributed by atoms with Crippen molar-refractivity contribution in [3.05, 3.63) is 30.1 Å². The van der Waals surface area contributed by atoms with E-state index >= 15 is 0 Å². The van der Waals surface area contributed by atoms with Crippen molar-refractivity contribution in [2.75, 3.05) is 6.54 Å². The molecule has 0 spiro atoms. The lowest BCUT2D eigenvalue weighted by Gasteiger charge is -2.62. The van der Waals surface area contributed by atoms with Crippen LogP contribution >= 0.6 is 0 Å². The molecule has 0 aliphatic heterocycles. The van der Waals surface area contributed by atoms with E-state index in [4.69, 9.17) is 10.7 Å². The molecule has 19 heavy (non-hydrogen) atoms. The first-order chi connectivity index (χ1) is 9.24. The summed E-state index contributed by atoms with van der Waals surface area (Å²) < 4.78 is 0. The van der Waals surface area contributed by atoms with Gasteiger partial charge in [-0.3, -0.25) is 4.98 Å². The Morgan fingerprint density at radius 3 is 2.58 bits per heavy atom. The number of aromatic nitrogens is 1. The molecule has 2 heteroatoms. The molecule has 4 aliphatic carbocycles. The molecule has 2 N–H and O–H groups in total. The average molecular weight is 256 g/mol. The fourth-order valence-corrected chi connectivity index (χ4v) is 6.03. The lowest BCUT2D eigenvalue weighted by atomic mass is 9.43. The summed E-state index contributed by atoms with van der Waals surface area (Å²) in [6.07, 6.45) is 11.7. The highest BCUT2D eigenvalue weighted by molar-refractivity contribution is 5.24. The fraction of sp³-hybridized carbons (Fsp3) is 0.706. The zero-order valence-corrected chi connectivity index (χ0v) is 11.6. The molecule has 4 bridgehead atoms. The molecular formula is C17H24N2. The normalized spacial score (nSPS) is 43.6. The molecule has 0 aromatic carbocycles. The molecule has 1 aromatic rings. The standard InChI is InChI=1S/C17H24N2/c18-5-4-16-8-13-7-14(9-16)11-17(10-13,12-16)15-3-1-2-6-19-15/h1-3,6,13-14H,4-5,7-12,18H2. The first kappa shape index (κ1) is 11.9. The van der Waals surface area contributed by atoms with Crippen LogP contribution in [0.4, 0.5) is 0 Å². The van der Waals surface area contributed by atoms with Gasteiger partial charge in [-0.15, -0.1) is 0 Å². The Hall–Kier alpha value is -0.890. The number of nitrogens with two attached hydrogens (primary N) is 1. The third kappa shape index (κ3) is 1.76. The first-order valence-corrected chi connectivity index (χ1v) is 7.85. The molecular weight excluding hydrogens is 232 g/mol. The number of pyridine rings is 1. The molecule has 0 radical (unpaired) electrons. The molecule has 1 aromatic heterocycles. The topological polar surface area (TPSA) is 38.9 Å². The van der Waals surface area contributed by atoms with E-state index in [9.17, 15) is 0 Å². The largest absolute Gasteiger partial charge is 0.330 e. The van der Waals surface area contributed by atoms with Gasteiger partial charge in [-0.2, -0.15) is 0 Å². The number of hydrogen-bond donors (Lipinski definition) is 1. The maximum atomic E-state index is 5.92. The zero-order valence-electron chi connectivity index (χ0n) is 11.6. The van der Waals surface area contributed by atoms with Gasteiger partial charge in [-0.1, -0.05) is 6.07 Å². The molecule has 2 unspecified atom stereocenters. The second-order valence-electron chi connectivity index (χ2n) is 7.50. The van der Waals surface area contributed by atoms with Gasteiger partial charge >= 0.3 is 0 Å². The summed E-state index contributed by atoms with van der Waals surface area (Å²) in [5.41, 5.74) is 8.22. The van der Waals surface area contributed by atoms with Crippen LogP contribution in [0.3, 0.4) is 0 Å². The molecule has 4 fully saturated rings. The van der Waals surface area contributed by atoms with Crippen molar-refractivity contribution in [2.24, 2.45) is 23.0 Å². The second-order valence-corrected chi connectivity index (χ2v) is 7.50. The SMILES string of the molecule is NCCC12CC3CC(C1)CC(c1ccccn1)(C3)C2. The van der Waals surface area contributed by atoms with E-state index in [1.165, 1.54) is 50.6 Å². The number of rotatable bonds is 3. The van der Waals surface area contributed by atoms with E-state index in [0.717, 1.165) is 18.4 Å². The van der Waals surface area contributed by atoms with Crippen molar-refractivity contribution in [1.82, 2.24) is 4.98 Å². The van der Waals surface area contributed by atoms with Crippen LogP contribution in [-0.4, -0.2) is 11.5 Å². The van der Waals surface area contributed by atoms with Crippen LogP contribution in [0.1, 0.15) is 50.6 Å². The van der Waals surface area contributed by atoms with E-state index in [1.54, 1.807) is 0 Å². The van der Waals surface area contributed by atoms with Gasteiger partial charge < -0.3 is 5.73 Å². The lowest BCUT2D eigenvalue weighted by Crippen LogP contribution is -2.54. The van der Waals surface area contributed by atoms with Crippen LogP contribution in [0.2, 0.25) is 0 Å². The molecule has 0 amide bonds. The van der Waals surface area contributed by atoms with E-state index in [1.807, 2.05) is 12.3 Å². The minimum atomic E-state index is 0.389. The van der Waals surface area contributed by atoms with Crippen LogP contribution in [0.25, 0.3) is 0 Å². The zero-order chi connectivity index (χ0) is 12.9. The van der Waals surface area contributed by atoms with Crippen molar-refractivity contribution in [1.29, 1.82) is 0 Å². The predicted molar refractivity (Wildman–Crippen MR) is 76.7 cm³/mol. The summed E-state index contributed by atoms with van der Waals surface area (Å²) in [4.78, 5) is 4.73. The maximum absolute atomic E-state index is 5.92. The highest BCUT2D eigenvalue weighted by Crippen LogP contribution is 2.66. The smallest absolute Gasteiger partial charge is 0.0465 e. The van der Waals surface area contributed by atoms with E-state index in [-0.39, 0.29) is 0 Å². The Bertz CT molecular complexity index is 453. The van der Waals surface area contributed by atoms with E-state index in [2.05, 4.69) is 12.1 Å². The summed E-state index contributed by atoms with van der Waals surface area (Å²) in [5, 5.41) is 0. The Balaban J connectivity index is 1.74. The first-order valence-electron chi connectivity index (χ1n) is 7.85. The lowest BCUT2D eigenvalue weighted by molar-refractivity contribution is -0.0763. The molecule has 2 atom stereocenters. The van der Waals surface area contributed by atoms with Gasteiger partial charge in [0.2, 0.25) is 0 Å². The summed E-state index contributed by atoms with van der Waals surface area (Å²) in [6.45, 7) is 0.859. The minimum absolute atomic E-state index is 0.389. The van der Waals surface area contributed by atoms with Gasteiger partial charge in [-0.25, -0.2) is 0 Å². The van der Waals surface area contributed by atoms with Crippen LogP contribution in [0.5, 0.6) is 0 Å². The third-order valence-electron chi connectivity index (χ3n) is 6.07. The number of hydrogen-bond acceptors (Lipinski definition) is 2. The second kappa shape index (κ2) is 4.05. The molecule has 0 saturated heterocycles. The van der Waals surface area contributed by atoms with Gasteiger partial charge in [0.15, 0.2) is 0 Å². The van der Waals surface area contributed by atoms with Gasteiger partial charge in [0, 0.05) is 17.3 Å². The third-order valence-corrected chi connectivity index (χ3v) is 6.07. The van der Waals surface area contributed by atoms with Crippen molar-refractivity contribution in [3.63, 3.8) is 0 Å². The summed E-state index contributed by atoms with van der Waals surface area (Å²) in [5.74, 6) is 1.88. The van der Waals surface area contributed by atoms with Gasteiger partial charge in [0.1, 0.15) is 0 Å². The summed E-state index contributed by atoms with van der Waals surface area (Å²) >= 11 is 0. The Morgan fingerprint density at radius 2 is 1.95 bits per heavy atom. The van der Waals surface area contributed by atoms with Gasteiger partial charge in [-0.05, 0) is 80.9 Å². The highest BCUT2D eigenvalue weighted by atomic mass is 14.7. The van der Waals surface area contributed by atoms with Crippen LogP contribution in [0.15, 0.2) is 24.4 Å². The predicted octanol–water partition coefficient (Wildman–Crippen LogP) is 3.27. The van der Waals surface area contributed by atoms with Crippen LogP contribution in [0, 0.1) is 17.3 Å².